The number of likely N-dealkylation sites (tertiary alicyclic amines) is 1. The molecule has 0 amide bonds. The van der Waals surface area contributed by atoms with Crippen molar-refractivity contribution in [2.24, 2.45) is 0 Å². The Morgan fingerprint density at radius 1 is 1.22 bits per heavy atom. The van der Waals surface area contributed by atoms with Gasteiger partial charge in [0.1, 0.15) is 11.3 Å². The molecular weight excluding hydrogens is 346 g/mol. The van der Waals surface area contributed by atoms with Crippen LogP contribution in [-0.2, 0) is 23.3 Å². The van der Waals surface area contributed by atoms with Crippen LogP contribution in [-0.4, -0.2) is 53.8 Å². The highest BCUT2D eigenvalue weighted by atomic mass is 16.5. The number of nitrogen functional groups attached to an aromatic ring is 1. The maximum atomic E-state index is 6.24. The zero-order valence-corrected chi connectivity index (χ0v) is 15.8. The number of pyridine rings is 1. The van der Waals surface area contributed by atoms with Crippen molar-refractivity contribution in [2.45, 2.75) is 31.4 Å². The number of hydrogen-bond donors (Lipinski definition) is 1. The Bertz CT molecular complexity index is 821. The second-order valence-electron chi connectivity index (χ2n) is 6.96. The van der Waals surface area contributed by atoms with Crippen molar-refractivity contribution in [3.8, 4) is 11.5 Å². The molecule has 4 heterocycles. The highest BCUT2D eigenvalue weighted by molar-refractivity contribution is 5.42. The van der Waals surface area contributed by atoms with E-state index in [0.717, 1.165) is 49.3 Å². The molecule has 2 N–H and O–H groups in total. The lowest BCUT2D eigenvalue weighted by Crippen LogP contribution is -2.47. The first-order chi connectivity index (χ1) is 13.1. The number of nitrogens with two attached hydrogens (primary N) is 1. The lowest BCUT2D eigenvalue weighted by atomic mass is 9.83. The standard InChI is InChI=1S/C19H25N5O3/c1-25-15-3-7-21-14(16(15)26-2)12-24-8-5-19(6-9-24)17-13(4-10-27-19)11-22-18(20)23-17/h3,7,11H,4-6,8-10,12H2,1-2H3,(H2,20,22,23). The third-order valence-electron chi connectivity index (χ3n) is 5.47. The lowest BCUT2D eigenvalue weighted by molar-refractivity contribution is -0.102. The molecule has 8 heteroatoms. The fourth-order valence-electron chi connectivity index (χ4n) is 4.05. The van der Waals surface area contributed by atoms with E-state index in [1.54, 1.807) is 20.4 Å². The molecule has 2 aliphatic heterocycles. The van der Waals surface area contributed by atoms with Gasteiger partial charge < -0.3 is 19.9 Å². The normalized spacial score (nSPS) is 18.9. The molecule has 0 aliphatic carbocycles. The Labute approximate surface area is 158 Å². The summed E-state index contributed by atoms with van der Waals surface area (Å²) in [5.41, 5.74) is 8.49. The minimum atomic E-state index is -0.354. The number of nitrogens with zero attached hydrogens (tertiary/aromatic N) is 4. The largest absolute Gasteiger partial charge is 0.493 e. The van der Waals surface area contributed by atoms with E-state index in [4.69, 9.17) is 19.9 Å². The van der Waals surface area contributed by atoms with E-state index in [9.17, 15) is 0 Å². The van der Waals surface area contributed by atoms with E-state index < -0.39 is 0 Å². The van der Waals surface area contributed by atoms with Gasteiger partial charge in [0.2, 0.25) is 5.95 Å². The predicted molar refractivity (Wildman–Crippen MR) is 99.6 cm³/mol. The van der Waals surface area contributed by atoms with Crippen LogP contribution in [0.1, 0.15) is 29.8 Å². The first-order valence-electron chi connectivity index (χ1n) is 9.19. The van der Waals surface area contributed by atoms with Gasteiger partial charge in [-0.2, -0.15) is 0 Å². The zero-order chi connectivity index (χ0) is 18.9. The van der Waals surface area contributed by atoms with Crippen LogP contribution in [0.5, 0.6) is 11.5 Å². The molecule has 0 bridgehead atoms. The maximum Gasteiger partial charge on any atom is 0.220 e. The second kappa shape index (κ2) is 7.28. The average molecular weight is 371 g/mol. The number of ether oxygens (including phenoxy) is 3. The van der Waals surface area contributed by atoms with E-state index in [1.165, 1.54) is 0 Å². The Kier molecular flexibility index (Phi) is 4.84. The Morgan fingerprint density at radius 3 is 2.78 bits per heavy atom. The van der Waals surface area contributed by atoms with E-state index in [0.29, 0.717) is 30.6 Å². The van der Waals surface area contributed by atoms with Crippen LogP contribution in [0.15, 0.2) is 18.5 Å². The molecule has 8 nitrogen and oxygen atoms in total. The number of rotatable bonds is 4. The molecule has 27 heavy (non-hydrogen) atoms. The zero-order valence-electron chi connectivity index (χ0n) is 15.8. The first-order valence-corrected chi connectivity index (χ1v) is 9.19. The molecule has 144 valence electrons. The van der Waals surface area contributed by atoms with Crippen molar-refractivity contribution in [2.75, 3.05) is 39.6 Å². The summed E-state index contributed by atoms with van der Waals surface area (Å²) in [7, 11) is 3.28. The van der Waals surface area contributed by atoms with Gasteiger partial charge in [0, 0.05) is 38.1 Å². The lowest BCUT2D eigenvalue weighted by Gasteiger charge is -2.44. The van der Waals surface area contributed by atoms with Crippen molar-refractivity contribution in [3.63, 3.8) is 0 Å². The number of anilines is 1. The van der Waals surface area contributed by atoms with Crippen molar-refractivity contribution >= 4 is 5.95 Å². The van der Waals surface area contributed by atoms with Gasteiger partial charge in [-0.05, 0) is 24.8 Å². The molecule has 4 rings (SSSR count). The van der Waals surface area contributed by atoms with E-state index in [1.807, 2.05) is 12.3 Å². The minimum Gasteiger partial charge on any atom is -0.493 e. The van der Waals surface area contributed by atoms with Gasteiger partial charge in [0.05, 0.1) is 26.5 Å². The number of fused-ring (bicyclic) bond motifs is 2. The molecule has 1 fully saturated rings. The van der Waals surface area contributed by atoms with Crippen LogP contribution in [0, 0.1) is 0 Å². The topological polar surface area (TPSA) is 95.6 Å². The van der Waals surface area contributed by atoms with Crippen LogP contribution in [0.2, 0.25) is 0 Å². The highest BCUT2D eigenvalue weighted by Gasteiger charge is 2.42. The van der Waals surface area contributed by atoms with E-state index >= 15 is 0 Å². The summed E-state index contributed by atoms with van der Waals surface area (Å²) in [4.78, 5) is 15.5. The Balaban J connectivity index is 1.50. The maximum absolute atomic E-state index is 6.24. The molecule has 0 radical (unpaired) electrons. The molecule has 2 aliphatic rings. The Hall–Kier alpha value is -2.45. The van der Waals surface area contributed by atoms with E-state index in [2.05, 4.69) is 19.9 Å². The van der Waals surface area contributed by atoms with Crippen molar-refractivity contribution in [1.29, 1.82) is 0 Å². The van der Waals surface area contributed by atoms with Gasteiger partial charge in [-0.25, -0.2) is 9.97 Å². The van der Waals surface area contributed by atoms with Gasteiger partial charge in [0.25, 0.3) is 0 Å². The van der Waals surface area contributed by atoms with Crippen LogP contribution >= 0.6 is 0 Å². The van der Waals surface area contributed by atoms with Gasteiger partial charge in [-0.1, -0.05) is 0 Å². The number of aromatic nitrogens is 3. The molecule has 2 aromatic heterocycles. The van der Waals surface area contributed by atoms with Crippen molar-refractivity contribution < 1.29 is 14.2 Å². The quantitative estimate of drug-likeness (QED) is 0.865. The summed E-state index contributed by atoms with van der Waals surface area (Å²) in [5.74, 6) is 1.71. The molecule has 0 unspecified atom stereocenters. The smallest absolute Gasteiger partial charge is 0.220 e. The monoisotopic (exact) mass is 371 g/mol. The second-order valence-corrected chi connectivity index (χ2v) is 6.96. The van der Waals surface area contributed by atoms with Crippen molar-refractivity contribution in [1.82, 2.24) is 19.9 Å². The molecule has 0 atom stereocenters. The molecular formula is C19H25N5O3. The van der Waals surface area contributed by atoms with Gasteiger partial charge in [-0.3, -0.25) is 9.88 Å². The van der Waals surface area contributed by atoms with Crippen molar-refractivity contribution in [3.05, 3.63) is 35.4 Å². The Morgan fingerprint density at radius 2 is 2.04 bits per heavy atom. The SMILES string of the molecule is COc1ccnc(CN2CCC3(CC2)OCCc2cnc(N)nc23)c1OC. The van der Waals surface area contributed by atoms with Crippen LogP contribution < -0.4 is 15.2 Å². The fourth-order valence-corrected chi connectivity index (χ4v) is 4.05. The summed E-state index contributed by atoms with van der Waals surface area (Å²) in [6.07, 6.45) is 6.17. The molecule has 0 saturated carbocycles. The van der Waals surface area contributed by atoms with Crippen LogP contribution in [0.3, 0.4) is 0 Å². The molecule has 1 spiro atoms. The molecule has 1 saturated heterocycles. The third kappa shape index (κ3) is 3.30. The minimum absolute atomic E-state index is 0.311. The van der Waals surface area contributed by atoms with Crippen LogP contribution in [0.4, 0.5) is 5.95 Å². The van der Waals surface area contributed by atoms with Gasteiger partial charge in [0.15, 0.2) is 11.5 Å². The average Bonchev–Trinajstić information content (AvgIpc) is 2.70. The number of piperidine rings is 1. The van der Waals surface area contributed by atoms with Crippen LogP contribution in [0.25, 0.3) is 0 Å². The van der Waals surface area contributed by atoms with Gasteiger partial charge >= 0.3 is 0 Å². The summed E-state index contributed by atoms with van der Waals surface area (Å²) in [6.45, 7) is 3.16. The third-order valence-corrected chi connectivity index (χ3v) is 5.47. The summed E-state index contributed by atoms with van der Waals surface area (Å²) in [5, 5.41) is 0. The number of methoxy groups -OCH3 is 2. The van der Waals surface area contributed by atoms with E-state index in [-0.39, 0.29) is 5.60 Å². The highest BCUT2D eigenvalue weighted by Crippen LogP contribution is 2.41. The number of hydrogen-bond acceptors (Lipinski definition) is 8. The first kappa shape index (κ1) is 17.9. The molecule has 2 aromatic rings. The fraction of sp³-hybridized carbons (Fsp3) is 0.526. The summed E-state index contributed by atoms with van der Waals surface area (Å²) < 4.78 is 17.1. The summed E-state index contributed by atoms with van der Waals surface area (Å²) in [6, 6.07) is 1.81. The summed E-state index contributed by atoms with van der Waals surface area (Å²) >= 11 is 0. The predicted octanol–water partition coefficient (Wildman–Crippen LogP) is 1.53. The molecule has 0 aromatic carbocycles. The van der Waals surface area contributed by atoms with Gasteiger partial charge in [-0.15, -0.1) is 0 Å².